The van der Waals surface area contributed by atoms with Crippen LogP contribution in [-0.2, 0) is 10.0 Å². The molecule has 1 aromatic heterocycles. The van der Waals surface area contributed by atoms with Crippen LogP contribution in [0.15, 0.2) is 11.4 Å². The standard InChI is InChI=1S/C6H6F3NO3S2/c1-13-5-2-4(3-14-5)10-15(11,12)6(7,8)9/h2-3,10H,1H3. The molecule has 0 aliphatic rings. The van der Waals surface area contributed by atoms with Crippen molar-refractivity contribution in [2.75, 3.05) is 11.8 Å². The Morgan fingerprint density at radius 3 is 2.47 bits per heavy atom. The van der Waals surface area contributed by atoms with Gasteiger partial charge in [0.15, 0.2) is 5.06 Å². The Kier molecular flexibility index (Phi) is 3.14. The Hall–Kier alpha value is -0.960. The zero-order chi connectivity index (χ0) is 11.7. The van der Waals surface area contributed by atoms with Crippen LogP contribution in [-0.4, -0.2) is 21.0 Å². The molecule has 1 rings (SSSR count). The lowest BCUT2D eigenvalue weighted by Crippen LogP contribution is -2.29. The molecular formula is C6H6F3NO3S2. The molecule has 0 saturated heterocycles. The minimum absolute atomic E-state index is 0.172. The first-order chi connectivity index (χ1) is 6.76. The second-order valence-corrected chi connectivity index (χ2v) is 4.96. The summed E-state index contributed by atoms with van der Waals surface area (Å²) in [6.07, 6.45) is 0. The molecule has 4 nitrogen and oxygen atoms in total. The van der Waals surface area contributed by atoms with Crippen molar-refractivity contribution in [3.05, 3.63) is 11.4 Å². The average Bonchev–Trinajstić information content (AvgIpc) is 2.49. The topological polar surface area (TPSA) is 55.4 Å². The number of thiophene rings is 1. The molecule has 1 N–H and O–H groups in total. The second-order valence-electron chi connectivity index (χ2n) is 2.41. The van der Waals surface area contributed by atoms with E-state index >= 15 is 0 Å². The van der Waals surface area contributed by atoms with Crippen LogP contribution in [0.1, 0.15) is 0 Å². The maximum atomic E-state index is 11.9. The Morgan fingerprint density at radius 1 is 1.47 bits per heavy atom. The highest BCUT2D eigenvalue weighted by molar-refractivity contribution is 7.93. The van der Waals surface area contributed by atoms with Gasteiger partial charge in [-0.1, -0.05) is 0 Å². The lowest BCUT2D eigenvalue weighted by molar-refractivity contribution is -0.0429. The van der Waals surface area contributed by atoms with Crippen molar-refractivity contribution in [2.45, 2.75) is 5.51 Å². The summed E-state index contributed by atoms with van der Waals surface area (Å²) in [4.78, 5) is 0. The molecule has 0 aromatic carbocycles. The monoisotopic (exact) mass is 261 g/mol. The van der Waals surface area contributed by atoms with Crippen molar-refractivity contribution in [3.63, 3.8) is 0 Å². The van der Waals surface area contributed by atoms with Gasteiger partial charge >= 0.3 is 15.5 Å². The molecule has 15 heavy (non-hydrogen) atoms. The van der Waals surface area contributed by atoms with Gasteiger partial charge in [-0.25, -0.2) is 0 Å². The number of halogens is 3. The van der Waals surface area contributed by atoms with Crippen LogP contribution >= 0.6 is 11.3 Å². The predicted molar refractivity (Wildman–Crippen MR) is 49.5 cm³/mol. The molecule has 0 bridgehead atoms. The van der Waals surface area contributed by atoms with E-state index in [1.54, 1.807) is 0 Å². The lowest BCUT2D eigenvalue weighted by Gasteiger charge is -2.08. The summed E-state index contributed by atoms with van der Waals surface area (Å²) < 4.78 is 63.2. The molecule has 0 saturated carbocycles. The van der Waals surface area contributed by atoms with Crippen LogP contribution < -0.4 is 9.46 Å². The first kappa shape index (κ1) is 12.1. The van der Waals surface area contributed by atoms with Crippen LogP contribution in [0.5, 0.6) is 5.06 Å². The third kappa shape index (κ3) is 2.75. The van der Waals surface area contributed by atoms with E-state index in [0.717, 1.165) is 17.4 Å². The van der Waals surface area contributed by atoms with Crippen molar-refractivity contribution < 1.29 is 26.3 Å². The second kappa shape index (κ2) is 3.89. The van der Waals surface area contributed by atoms with Crippen molar-refractivity contribution >= 4 is 27.0 Å². The van der Waals surface area contributed by atoms with E-state index in [4.69, 9.17) is 4.74 Å². The molecule has 0 spiro atoms. The Labute approximate surface area is 87.7 Å². The van der Waals surface area contributed by atoms with Crippen LogP contribution in [0.4, 0.5) is 18.9 Å². The van der Waals surface area contributed by atoms with Gasteiger partial charge in [0.1, 0.15) is 0 Å². The van der Waals surface area contributed by atoms with Crippen LogP contribution in [0.2, 0.25) is 0 Å². The molecule has 9 heteroatoms. The van der Waals surface area contributed by atoms with Gasteiger partial charge in [0.25, 0.3) is 0 Å². The zero-order valence-corrected chi connectivity index (χ0v) is 8.96. The Bertz CT molecular complexity index is 437. The minimum Gasteiger partial charge on any atom is -0.487 e. The van der Waals surface area contributed by atoms with Gasteiger partial charge < -0.3 is 4.74 Å². The molecular weight excluding hydrogens is 255 g/mol. The van der Waals surface area contributed by atoms with Gasteiger partial charge in [-0.15, -0.1) is 11.3 Å². The van der Waals surface area contributed by atoms with Crippen molar-refractivity contribution in [1.29, 1.82) is 0 Å². The Morgan fingerprint density at radius 2 is 2.07 bits per heavy atom. The number of hydrogen-bond acceptors (Lipinski definition) is 4. The fourth-order valence-corrected chi connectivity index (χ4v) is 1.97. The van der Waals surface area contributed by atoms with Crippen LogP contribution in [0.25, 0.3) is 0 Å². The van der Waals surface area contributed by atoms with E-state index in [2.05, 4.69) is 0 Å². The SMILES string of the molecule is COc1cc(NS(=O)(=O)C(F)(F)F)cs1. The molecule has 0 amide bonds. The van der Waals surface area contributed by atoms with Gasteiger partial charge in [-0.2, -0.15) is 21.6 Å². The van der Waals surface area contributed by atoms with E-state index in [1.165, 1.54) is 17.2 Å². The number of hydrogen-bond donors (Lipinski definition) is 1. The number of methoxy groups -OCH3 is 1. The van der Waals surface area contributed by atoms with Gasteiger partial charge in [0.05, 0.1) is 12.8 Å². The Balaban J connectivity index is 2.87. The van der Waals surface area contributed by atoms with E-state index in [1.807, 2.05) is 0 Å². The molecule has 1 aromatic rings. The largest absolute Gasteiger partial charge is 0.516 e. The third-order valence-electron chi connectivity index (χ3n) is 1.33. The normalized spacial score (nSPS) is 12.5. The highest BCUT2D eigenvalue weighted by Crippen LogP contribution is 2.30. The number of anilines is 1. The summed E-state index contributed by atoms with van der Waals surface area (Å²) in [5, 5.41) is 1.53. The molecule has 0 atom stereocenters. The summed E-state index contributed by atoms with van der Waals surface area (Å²) in [5.74, 6) is 0. The van der Waals surface area contributed by atoms with Crippen molar-refractivity contribution in [3.8, 4) is 5.06 Å². The van der Waals surface area contributed by atoms with Crippen LogP contribution in [0, 0.1) is 0 Å². The first-order valence-electron chi connectivity index (χ1n) is 3.48. The summed E-state index contributed by atoms with van der Waals surface area (Å²) >= 11 is 0.984. The summed E-state index contributed by atoms with van der Waals surface area (Å²) in [7, 11) is -4.02. The summed E-state index contributed by atoms with van der Waals surface area (Å²) in [6, 6.07) is 1.16. The van der Waals surface area contributed by atoms with Crippen LogP contribution in [0.3, 0.4) is 0 Å². The highest BCUT2D eigenvalue weighted by Gasteiger charge is 2.46. The number of alkyl halides is 3. The fraction of sp³-hybridized carbons (Fsp3) is 0.333. The maximum Gasteiger partial charge on any atom is 0.516 e. The molecule has 0 aliphatic carbocycles. The smallest absolute Gasteiger partial charge is 0.487 e. The lowest BCUT2D eigenvalue weighted by atomic mass is 10.5. The molecule has 0 fully saturated rings. The van der Waals surface area contributed by atoms with Gasteiger partial charge in [0, 0.05) is 11.4 Å². The zero-order valence-electron chi connectivity index (χ0n) is 7.33. The quantitative estimate of drug-likeness (QED) is 0.905. The number of rotatable bonds is 3. The highest BCUT2D eigenvalue weighted by atomic mass is 32.2. The van der Waals surface area contributed by atoms with E-state index < -0.39 is 15.5 Å². The number of ether oxygens (including phenoxy) is 1. The summed E-state index contributed by atoms with van der Waals surface area (Å²) in [5.41, 5.74) is -5.49. The first-order valence-corrected chi connectivity index (χ1v) is 5.84. The van der Waals surface area contributed by atoms with Gasteiger partial charge in [-0.05, 0) is 0 Å². The molecule has 86 valence electrons. The van der Waals surface area contributed by atoms with E-state index in [-0.39, 0.29) is 5.69 Å². The predicted octanol–water partition coefficient (Wildman–Crippen LogP) is 2.02. The maximum absolute atomic E-state index is 11.9. The molecule has 0 radical (unpaired) electrons. The third-order valence-corrected chi connectivity index (χ3v) is 3.34. The van der Waals surface area contributed by atoms with E-state index in [9.17, 15) is 21.6 Å². The fourth-order valence-electron chi connectivity index (χ4n) is 0.690. The molecule has 0 aliphatic heterocycles. The van der Waals surface area contributed by atoms with Gasteiger partial charge in [-0.3, -0.25) is 4.72 Å². The molecule has 0 unspecified atom stereocenters. The minimum atomic E-state index is -5.34. The van der Waals surface area contributed by atoms with Gasteiger partial charge in [0.2, 0.25) is 0 Å². The average molecular weight is 261 g/mol. The molecule has 1 heterocycles. The number of nitrogens with one attached hydrogen (secondary N) is 1. The van der Waals surface area contributed by atoms with E-state index in [0.29, 0.717) is 5.06 Å². The summed E-state index contributed by atoms with van der Waals surface area (Å²) in [6.45, 7) is 0. The number of sulfonamides is 1. The van der Waals surface area contributed by atoms with Crippen molar-refractivity contribution in [2.24, 2.45) is 0 Å². The van der Waals surface area contributed by atoms with Crippen molar-refractivity contribution in [1.82, 2.24) is 0 Å².